The van der Waals surface area contributed by atoms with Gasteiger partial charge in [0, 0.05) is 55.4 Å². The maximum absolute atomic E-state index is 13.8. The van der Waals surface area contributed by atoms with E-state index in [1.807, 2.05) is 38.4 Å². The number of fused-ring (bicyclic) bond motifs is 4. The van der Waals surface area contributed by atoms with Crippen molar-refractivity contribution < 1.29 is 13.5 Å². The van der Waals surface area contributed by atoms with Gasteiger partial charge in [0.25, 0.3) is 5.56 Å². The fraction of sp³-hybridized carbons (Fsp3) is 0.323. The summed E-state index contributed by atoms with van der Waals surface area (Å²) in [6, 6.07) is 11.0. The fourth-order valence-corrected chi connectivity index (χ4v) is 6.22. The van der Waals surface area contributed by atoms with E-state index in [-0.39, 0.29) is 16.9 Å². The third kappa shape index (κ3) is 4.92. The van der Waals surface area contributed by atoms with Crippen molar-refractivity contribution >= 4 is 39.6 Å². The molecule has 2 N–H and O–H groups in total. The average molecular weight is 600 g/mol. The number of pyridine rings is 2. The number of alkyl halides is 2. The molecule has 2 aliphatic heterocycles. The number of nitrogens with zero attached hydrogens (tertiary/aromatic N) is 7. The number of ether oxygens (including phenoxy) is 1. The molecule has 11 nitrogen and oxygen atoms in total. The van der Waals surface area contributed by atoms with E-state index in [0.717, 1.165) is 60.5 Å². The zero-order valence-electron chi connectivity index (χ0n) is 24.5. The number of aromatic nitrogens is 6. The number of nitrogens with one attached hydrogen (secondary N) is 2. The third-order valence-electron chi connectivity index (χ3n) is 8.12. The normalized spacial score (nSPS) is 15.0. The fourth-order valence-electron chi connectivity index (χ4n) is 6.22. The smallest absolute Gasteiger partial charge is 0.321 e. The van der Waals surface area contributed by atoms with Crippen molar-refractivity contribution in [3.63, 3.8) is 0 Å². The quantitative estimate of drug-likeness (QED) is 0.248. The van der Waals surface area contributed by atoms with Crippen LogP contribution in [0.4, 0.5) is 37.5 Å². The minimum Gasteiger partial charge on any atom is -0.381 e. The van der Waals surface area contributed by atoms with Crippen molar-refractivity contribution in [1.82, 2.24) is 29.3 Å². The van der Waals surface area contributed by atoms with Crippen LogP contribution in [-0.2, 0) is 11.3 Å². The molecular weight excluding hydrogens is 568 g/mol. The summed E-state index contributed by atoms with van der Waals surface area (Å²) in [5, 5.41) is 11.4. The van der Waals surface area contributed by atoms with Crippen molar-refractivity contribution in [3.8, 4) is 11.1 Å². The summed E-state index contributed by atoms with van der Waals surface area (Å²) in [4.78, 5) is 28.8. The van der Waals surface area contributed by atoms with E-state index in [1.165, 1.54) is 6.07 Å². The summed E-state index contributed by atoms with van der Waals surface area (Å²) >= 11 is 0. The van der Waals surface area contributed by atoms with E-state index in [2.05, 4.69) is 35.2 Å². The van der Waals surface area contributed by atoms with Gasteiger partial charge in [0.2, 0.25) is 0 Å². The van der Waals surface area contributed by atoms with Crippen LogP contribution in [0.2, 0.25) is 0 Å². The highest BCUT2D eigenvalue weighted by Crippen LogP contribution is 2.45. The Balaban J connectivity index is 1.33. The Kier molecular flexibility index (Phi) is 6.96. The van der Waals surface area contributed by atoms with E-state index in [4.69, 9.17) is 9.84 Å². The van der Waals surface area contributed by atoms with Crippen molar-refractivity contribution in [2.45, 2.75) is 45.8 Å². The van der Waals surface area contributed by atoms with Gasteiger partial charge in [0.1, 0.15) is 17.5 Å². The number of benzene rings is 1. The van der Waals surface area contributed by atoms with Gasteiger partial charge in [-0.2, -0.15) is 13.9 Å². The molecule has 4 aromatic heterocycles. The van der Waals surface area contributed by atoms with Crippen molar-refractivity contribution in [2.75, 3.05) is 35.8 Å². The van der Waals surface area contributed by atoms with Crippen LogP contribution < -0.4 is 21.1 Å². The van der Waals surface area contributed by atoms with Crippen LogP contribution >= 0.6 is 0 Å². The maximum Gasteiger partial charge on any atom is 0.321 e. The summed E-state index contributed by atoms with van der Waals surface area (Å²) in [7, 11) is 2.01. The topological polar surface area (TPSA) is 115 Å². The Labute approximate surface area is 251 Å². The molecule has 13 heteroatoms. The monoisotopic (exact) mass is 599 g/mol. The molecule has 5 aromatic rings. The second-order valence-corrected chi connectivity index (χ2v) is 11.2. The Bertz CT molecular complexity index is 1930. The van der Waals surface area contributed by atoms with Crippen LogP contribution in [0.5, 0.6) is 0 Å². The van der Waals surface area contributed by atoms with Gasteiger partial charge < -0.3 is 20.3 Å². The third-order valence-corrected chi connectivity index (χ3v) is 8.12. The molecule has 226 valence electrons. The predicted molar refractivity (Wildman–Crippen MR) is 164 cm³/mol. The highest BCUT2D eigenvalue weighted by Gasteiger charge is 2.29. The molecule has 7 rings (SSSR count). The van der Waals surface area contributed by atoms with Gasteiger partial charge in [-0.05, 0) is 38.8 Å². The van der Waals surface area contributed by atoms with Crippen molar-refractivity contribution in [3.05, 3.63) is 76.4 Å². The number of hydrogen-bond donors (Lipinski definition) is 2. The van der Waals surface area contributed by atoms with E-state index < -0.39 is 12.1 Å². The molecule has 0 bridgehead atoms. The van der Waals surface area contributed by atoms with Crippen molar-refractivity contribution in [1.29, 1.82) is 0 Å². The van der Waals surface area contributed by atoms with Crippen LogP contribution in [0.3, 0.4) is 0 Å². The molecule has 0 spiro atoms. The first-order valence-corrected chi connectivity index (χ1v) is 14.5. The lowest BCUT2D eigenvalue weighted by molar-refractivity contribution is 0.0654. The Hall–Kier alpha value is -4.91. The summed E-state index contributed by atoms with van der Waals surface area (Å²) in [6.45, 7) is 2.74. The summed E-state index contributed by atoms with van der Waals surface area (Å²) in [6.07, 6.45) is 4.81. The molecule has 0 unspecified atom stereocenters. The van der Waals surface area contributed by atoms with Crippen LogP contribution in [0, 0.1) is 13.8 Å². The number of para-hydroxylation sites is 1. The summed E-state index contributed by atoms with van der Waals surface area (Å²) in [5.74, 6) is 1.51. The molecule has 0 radical (unpaired) electrons. The predicted octanol–water partition coefficient (Wildman–Crippen LogP) is 5.85. The van der Waals surface area contributed by atoms with Crippen LogP contribution in [0.15, 0.2) is 53.6 Å². The van der Waals surface area contributed by atoms with Gasteiger partial charge in [-0.1, -0.05) is 12.1 Å². The summed E-state index contributed by atoms with van der Waals surface area (Å²) in [5.41, 5.74) is 5.34. The SMILES string of the molecule is Cc1cc(Nc2cc(Nc3cccc4c3N(C)Cc3c-4cnn3C3CCOCC3)c3c(=O)n(C(F)F)ccc3n2)nc(C)n1. The molecular formula is C31H31F2N9O2. The lowest BCUT2D eigenvalue weighted by Crippen LogP contribution is -2.28. The Morgan fingerprint density at radius 3 is 2.55 bits per heavy atom. The molecule has 44 heavy (non-hydrogen) atoms. The van der Waals surface area contributed by atoms with Gasteiger partial charge in [-0.3, -0.25) is 14.0 Å². The maximum atomic E-state index is 13.8. The van der Waals surface area contributed by atoms with Gasteiger partial charge in [0.05, 0.1) is 52.4 Å². The molecule has 0 atom stereocenters. The lowest BCUT2D eigenvalue weighted by atomic mass is 9.97. The van der Waals surface area contributed by atoms with E-state index in [0.29, 0.717) is 39.9 Å². The second kappa shape index (κ2) is 11.0. The minimum absolute atomic E-state index is 0.0532. The molecule has 2 aliphatic rings. The number of aryl methyl sites for hydroxylation is 2. The minimum atomic E-state index is -2.99. The highest BCUT2D eigenvalue weighted by atomic mass is 19.3. The first-order valence-electron chi connectivity index (χ1n) is 14.5. The Morgan fingerprint density at radius 1 is 0.977 bits per heavy atom. The first kappa shape index (κ1) is 27.9. The van der Waals surface area contributed by atoms with Gasteiger partial charge in [0.15, 0.2) is 0 Å². The number of halogens is 2. The standard InChI is InChI=1S/C31H31F2N9O2/c1-17-13-26(36-18(2)35-17)39-27-14-24(28-22(38-27)7-10-41(30(28)43)31(32)33)37-23-6-4-5-20-21-15-34-42(19-8-11-44-12-9-19)25(21)16-40(3)29(20)23/h4-7,10,13-15,19,31H,8-9,11-12,16H2,1-3H3,(H2,35,36,37,38,39). The van der Waals surface area contributed by atoms with E-state index >= 15 is 0 Å². The number of anilines is 5. The lowest BCUT2D eigenvalue weighted by Gasteiger charge is -2.32. The molecule has 0 saturated carbocycles. The molecule has 1 aromatic carbocycles. The first-order chi connectivity index (χ1) is 21.3. The van der Waals surface area contributed by atoms with Gasteiger partial charge in [-0.25, -0.2) is 15.0 Å². The molecule has 6 heterocycles. The molecule has 1 fully saturated rings. The molecule has 0 amide bonds. The van der Waals surface area contributed by atoms with Crippen LogP contribution in [0.1, 0.15) is 42.6 Å². The molecule has 1 saturated heterocycles. The highest BCUT2D eigenvalue weighted by molar-refractivity contribution is 5.98. The van der Waals surface area contributed by atoms with E-state index in [9.17, 15) is 13.6 Å². The Morgan fingerprint density at radius 2 is 1.77 bits per heavy atom. The van der Waals surface area contributed by atoms with Gasteiger partial charge in [-0.15, -0.1) is 0 Å². The molecule has 0 aliphatic carbocycles. The van der Waals surface area contributed by atoms with Crippen LogP contribution in [-0.4, -0.2) is 49.6 Å². The number of rotatable bonds is 6. The second-order valence-electron chi connectivity index (χ2n) is 11.2. The zero-order chi connectivity index (χ0) is 30.5. The largest absolute Gasteiger partial charge is 0.381 e. The van der Waals surface area contributed by atoms with Crippen molar-refractivity contribution in [2.24, 2.45) is 0 Å². The summed E-state index contributed by atoms with van der Waals surface area (Å²) < 4.78 is 35.7. The number of hydrogen-bond acceptors (Lipinski definition) is 9. The van der Waals surface area contributed by atoms with Crippen LogP contribution in [0.25, 0.3) is 22.0 Å². The zero-order valence-corrected chi connectivity index (χ0v) is 24.5. The van der Waals surface area contributed by atoms with E-state index in [1.54, 1.807) is 19.1 Å². The average Bonchev–Trinajstić information content (AvgIpc) is 3.41. The van der Waals surface area contributed by atoms with Gasteiger partial charge >= 0.3 is 6.55 Å².